The number of ketones is 1. The van der Waals surface area contributed by atoms with Crippen molar-refractivity contribution in [1.82, 2.24) is 9.55 Å². The van der Waals surface area contributed by atoms with Crippen molar-refractivity contribution in [2.24, 2.45) is 0 Å². The van der Waals surface area contributed by atoms with E-state index in [0.717, 1.165) is 16.8 Å². The highest BCUT2D eigenvalue weighted by Crippen LogP contribution is 2.38. The number of aryl methyl sites for hydroxylation is 1. The number of methoxy groups -OCH3 is 3. The van der Waals surface area contributed by atoms with Crippen LogP contribution >= 0.6 is 11.8 Å². The van der Waals surface area contributed by atoms with Gasteiger partial charge in [-0.2, -0.15) is 0 Å². The van der Waals surface area contributed by atoms with Crippen molar-refractivity contribution in [3.05, 3.63) is 81.6 Å². The van der Waals surface area contributed by atoms with Gasteiger partial charge in [-0.05, 0) is 55.3 Å². The molecule has 0 aliphatic rings. The molecular formula is C27H26N2O5S. The summed E-state index contributed by atoms with van der Waals surface area (Å²) in [7, 11) is 4.51. The van der Waals surface area contributed by atoms with Crippen molar-refractivity contribution in [1.29, 1.82) is 0 Å². The standard InChI is InChI=1S/C27H26N2O5S/c1-16-9-8-12-21(17(16)2)29-26(31)19-10-6-7-11-20(19)28-27(29)35-15-22(30)18-13-23(32-3)25(34-5)24(14-18)33-4/h6-14H,15H2,1-5H3. The van der Waals surface area contributed by atoms with Crippen molar-refractivity contribution in [3.8, 4) is 22.9 Å². The third kappa shape index (κ3) is 4.61. The van der Waals surface area contributed by atoms with Crippen LogP contribution in [0.5, 0.6) is 17.2 Å². The first-order chi connectivity index (χ1) is 16.9. The molecule has 0 aliphatic carbocycles. The molecular weight excluding hydrogens is 464 g/mol. The summed E-state index contributed by atoms with van der Waals surface area (Å²) < 4.78 is 17.7. The zero-order valence-corrected chi connectivity index (χ0v) is 21.1. The maximum Gasteiger partial charge on any atom is 0.266 e. The van der Waals surface area contributed by atoms with E-state index < -0.39 is 0 Å². The third-order valence-corrected chi connectivity index (χ3v) is 6.82. The lowest BCUT2D eigenvalue weighted by molar-refractivity contribution is 0.102. The Morgan fingerprint density at radius 3 is 2.29 bits per heavy atom. The minimum absolute atomic E-state index is 0.0638. The molecule has 4 rings (SSSR count). The average Bonchev–Trinajstić information content (AvgIpc) is 2.88. The monoisotopic (exact) mass is 490 g/mol. The molecule has 0 radical (unpaired) electrons. The molecule has 1 aromatic heterocycles. The van der Waals surface area contributed by atoms with E-state index in [1.807, 2.05) is 44.2 Å². The van der Waals surface area contributed by atoms with Crippen LogP contribution in [-0.4, -0.2) is 42.4 Å². The van der Waals surface area contributed by atoms with Gasteiger partial charge in [0.1, 0.15) is 0 Å². The first-order valence-corrected chi connectivity index (χ1v) is 11.9. The maximum atomic E-state index is 13.5. The van der Waals surface area contributed by atoms with Crippen LogP contribution in [0, 0.1) is 13.8 Å². The maximum absolute atomic E-state index is 13.5. The second kappa shape index (κ2) is 10.2. The van der Waals surface area contributed by atoms with Gasteiger partial charge >= 0.3 is 0 Å². The Morgan fingerprint density at radius 1 is 0.943 bits per heavy atom. The van der Waals surface area contributed by atoms with Crippen molar-refractivity contribution in [3.63, 3.8) is 0 Å². The number of hydrogen-bond donors (Lipinski definition) is 0. The summed E-state index contributed by atoms with van der Waals surface area (Å²) in [6.45, 7) is 3.97. The zero-order chi connectivity index (χ0) is 25.1. The van der Waals surface area contributed by atoms with Crippen molar-refractivity contribution in [2.45, 2.75) is 19.0 Å². The number of Topliss-reactive ketones (excluding diaryl/α,β-unsaturated/α-hetero) is 1. The van der Waals surface area contributed by atoms with Gasteiger partial charge in [0.05, 0.1) is 43.7 Å². The number of benzene rings is 3. The average molecular weight is 491 g/mol. The van der Waals surface area contributed by atoms with Crippen molar-refractivity contribution < 1.29 is 19.0 Å². The molecule has 0 aliphatic heterocycles. The molecule has 35 heavy (non-hydrogen) atoms. The number of carbonyl (C=O) groups excluding carboxylic acids is 1. The minimum Gasteiger partial charge on any atom is -0.493 e. The third-order valence-electron chi connectivity index (χ3n) is 5.88. The van der Waals surface area contributed by atoms with Crippen LogP contribution in [0.15, 0.2) is 64.5 Å². The molecule has 3 aromatic carbocycles. The van der Waals surface area contributed by atoms with Crippen LogP contribution in [0.25, 0.3) is 16.6 Å². The number of fused-ring (bicyclic) bond motifs is 1. The number of ether oxygens (including phenoxy) is 3. The second-order valence-electron chi connectivity index (χ2n) is 7.90. The number of para-hydroxylation sites is 1. The molecule has 7 nitrogen and oxygen atoms in total. The van der Waals surface area contributed by atoms with E-state index in [0.29, 0.717) is 38.9 Å². The summed E-state index contributed by atoms with van der Waals surface area (Å²) in [5.74, 6) is 1.12. The van der Waals surface area contributed by atoms with E-state index in [2.05, 4.69) is 0 Å². The fourth-order valence-corrected chi connectivity index (χ4v) is 4.76. The second-order valence-corrected chi connectivity index (χ2v) is 8.84. The molecule has 0 unspecified atom stereocenters. The first-order valence-electron chi connectivity index (χ1n) is 10.9. The minimum atomic E-state index is -0.174. The molecule has 0 bridgehead atoms. The highest BCUT2D eigenvalue weighted by molar-refractivity contribution is 7.99. The van der Waals surface area contributed by atoms with E-state index in [-0.39, 0.29) is 17.1 Å². The molecule has 180 valence electrons. The van der Waals surface area contributed by atoms with Gasteiger partial charge in [0.15, 0.2) is 22.4 Å². The molecule has 8 heteroatoms. The molecule has 0 spiro atoms. The number of hydrogen-bond acceptors (Lipinski definition) is 7. The van der Waals surface area contributed by atoms with Crippen LogP contribution in [0.4, 0.5) is 0 Å². The summed E-state index contributed by atoms with van der Waals surface area (Å²) >= 11 is 1.21. The Hall–Kier alpha value is -3.78. The Labute approximate surface area is 207 Å². The van der Waals surface area contributed by atoms with Gasteiger partial charge in [0, 0.05) is 5.56 Å². The summed E-state index contributed by atoms with van der Waals surface area (Å²) in [5.41, 5.74) is 3.61. The Balaban J connectivity index is 1.77. The quantitative estimate of drug-likeness (QED) is 0.195. The number of rotatable bonds is 8. The summed E-state index contributed by atoms with van der Waals surface area (Å²) in [6.07, 6.45) is 0. The molecule has 0 amide bonds. The lowest BCUT2D eigenvalue weighted by Crippen LogP contribution is -2.23. The van der Waals surface area contributed by atoms with E-state index in [4.69, 9.17) is 19.2 Å². The van der Waals surface area contributed by atoms with Gasteiger partial charge in [-0.3, -0.25) is 14.2 Å². The normalized spacial score (nSPS) is 10.9. The number of aromatic nitrogens is 2. The predicted octanol–water partition coefficient (Wildman–Crippen LogP) is 5.00. The topological polar surface area (TPSA) is 79.7 Å². The van der Waals surface area contributed by atoms with Crippen LogP contribution in [0.3, 0.4) is 0 Å². The molecule has 1 heterocycles. The fraction of sp³-hybridized carbons (Fsp3) is 0.222. The van der Waals surface area contributed by atoms with Gasteiger partial charge < -0.3 is 14.2 Å². The Morgan fingerprint density at radius 2 is 1.63 bits per heavy atom. The van der Waals surface area contributed by atoms with Gasteiger partial charge in [-0.15, -0.1) is 0 Å². The highest BCUT2D eigenvalue weighted by Gasteiger charge is 2.20. The largest absolute Gasteiger partial charge is 0.493 e. The molecule has 0 saturated heterocycles. The van der Waals surface area contributed by atoms with Crippen LogP contribution in [0.1, 0.15) is 21.5 Å². The molecule has 4 aromatic rings. The van der Waals surface area contributed by atoms with E-state index in [9.17, 15) is 9.59 Å². The van der Waals surface area contributed by atoms with Crippen LogP contribution in [-0.2, 0) is 0 Å². The van der Waals surface area contributed by atoms with E-state index in [1.165, 1.54) is 33.1 Å². The predicted molar refractivity (Wildman–Crippen MR) is 138 cm³/mol. The van der Waals surface area contributed by atoms with Gasteiger partial charge in [-0.25, -0.2) is 4.98 Å². The highest BCUT2D eigenvalue weighted by atomic mass is 32.2. The van der Waals surface area contributed by atoms with Crippen molar-refractivity contribution >= 4 is 28.4 Å². The molecule has 0 N–H and O–H groups in total. The fourth-order valence-electron chi connectivity index (χ4n) is 3.85. The number of thioether (sulfide) groups is 1. The molecule has 0 saturated carbocycles. The van der Waals surface area contributed by atoms with Crippen molar-refractivity contribution in [2.75, 3.05) is 27.1 Å². The summed E-state index contributed by atoms with van der Waals surface area (Å²) in [6, 6.07) is 16.3. The van der Waals surface area contributed by atoms with Crippen LogP contribution < -0.4 is 19.8 Å². The van der Waals surface area contributed by atoms with Gasteiger partial charge in [0.25, 0.3) is 5.56 Å². The SMILES string of the molecule is COc1cc(C(=O)CSc2nc3ccccc3c(=O)n2-c2cccc(C)c2C)cc(OC)c1OC. The number of nitrogens with zero attached hydrogens (tertiary/aromatic N) is 2. The Kier molecular flexibility index (Phi) is 7.12. The first kappa shape index (κ1) is 24.3. The Bertz CT molecular complexity index is 1450. The van der Waals surface area contributed by atoms with Crippen LogP contribution in [0.2, 0.25) is 0 Å². The zero-order valence-electron chi connectivity index (χ0n) is 20.2. The van der Waals surface area contributed by atoms with Gasteiger partial charge in [-0.1, -0.05) is 36.0 Å². The van der Waals surface area contributed by atoms with E-state index in [1.54, 1.807) is 28.8 Å². The summed E-state index contributed by atoms with van der Waals surface area (Å²) in [4.78, 5) is 31.5. The van der Waals surface area contributed by atoms with Gasteiger partial charge in [0.2, 0.25) is 5.75 Å². The summed E-state index contributed by atoms with van der Waals surface area (Å²) in [5, 5.41) is 0.969. The molecule has 0 fully saturated rings. The van der Waals surface area contributed by atoms with E-state index >= 15 is 0 Å². The lowest BCUT2D eigenvalue weighted by atomic mass is 10.1. The smallest absolute Gasteiger partial charge is 0.266 e. The number of carbonyl (C=O) groups is 1. The molecule has 0 atom stereocenters. The lowest BCUT2D eigenvalue weighted by Gasteiger charge is -2.16.